The fourth-order valence-electron chi connectivity index (χ4n) is 4.43. The molecule has 1 aromatic carbocycles. The first-order valence-electron chi connectivity index (χ1n) is 12.8. The quantitative estimate of drug-likeness (QED) is 0.236. The standard InChI is InChI=1S/C28H30N8O3/c1-17(2)13-23(37)31-19(16-29-3)8-7-18-14-21-25(34-35-26(21)30-15-18)27-32-22-6-4-5-20(24(22)33-27)28(38)36-9-11-39-12-10-36/h4-8,14-17H,3,9-13H2,1-2H3,(H,31,37)(H,32,33)(H,30,34,35)/b8-7+,19-16+. The molecular formula is C28H30N8O3. The average molecular weight is 527 g/mol. The van der Waals surface area contributed by atoms with Crippen LogP contribution in [0.5, 0.6) is 0 Å². The number of H-pyrrole nitrogens is 2. The number of hydrogen-bond acceptors (Lipinski definition) is 7. The number of fused-ring (bicyclic) bond motifs is 2. The van der Waals surface area contributed by atoms with Crippen molar-refractivity contribution in [3.05, 3.63) is 59.6 Å². The number of morpholine rings is 1. The maximum absolute atomic E-state index is 13.2. The first kappa shape index (κ1) is 26.0. The summed E-state index contributed by atoms with van der Waals surface area (Å²) in [5.41, 5.74) is 4.37. The fourth-order valence-corrected chi connectivity index (χ4v) is 4.43. The molecule has 3 N–H and O–H groups in total. The van der Waals surface area contributed by atoms with Gasteiger partial charge in [0.05, 0.1) is 35.4 Å². The van der Waals surface area contributed by atoms with Gasteiger partial charge in [-0.2, -0.15) is 5.10 Å². The Hall–Kier alpha value is -4.64. The fraction of sp³-hybridized carbons (Fsp3) is 0.286. The van der Waals surface area contributed by atoms with Crippen LogP contribution in [0.3, 0.4) is 0 Å². The second-order valence-corrected chi connectivity index (χ2v) is 9.68. The molecule has 0 radical (unpaired) electrons. The van der Waals surface area contributed by atoms with E-state index in [1.54, 1.807) is 23.2 Å². The Morgan fingerprint density at radius 2 is 2.10 bits per heavy atom. The molecule has 3 aromatic heterocycles. The van der Waals surface area contributed by atoms with Crippen LogP contribution in [-0.2, 0) is 9.53 Å². The van der Waals surface area contributed by atoms with Gasteiger partial charge in [0.1, 0.15) is 11.2 Å². The number of benzene rings is 1. The Morgan fingerprint density at radius 3 is 2.87 bits per heavy atom. The first-order chi connectivity index (χ1) is 18.9. The van der Waals surface area contributed by atoms with E-state index < -0.39 is 0 Å². The van der Waals surface area contributed by atoms with E-state index >= 15 is 0 Å². The van der Waals surface area contributed by atoms with Crippen molar-refractivity contribution in [1.82, 2.24) is 35.4 Å². The summed E-state index contributed by atoms with van der Waals surface area (Å²) < 4.78 is 5.38. The number of para-hydroxylation sites is 1. The van der Waals surface area contributed by atoms with Crippen LogP contribution in [0.2, 0.25) is 0 Å². The van der Waals surface area contributed by atoms with Gasteiger partial charge in [-0.1, -0.05) is 26.0 Å². The number of carbonyl (C=O) groups excluding carboxylic acids is 2. The summed E-state index contributed by atoms with van der Waals surface area (Å²) in [5.74, 6) is 0.608. The van der Waals surface area contributed by atoms with Crippen LogP contribution in [0, 0.1) is 5.92 Å². The molecule has 1 aliphatic heterocycles. The Labute approximate surface area is 225 Å². The average Bonchev–Trinajstić information content (AvgIpc) is 3.55. The molecule has 2 amide bonds. The number of amides is 2. The molecule has 4 heterocycles. The van der Waals surface area contributed by atoms with Crippen LogP contribution >= 0.6 is 0 Å². The minimum atomic E-state index is -0.0911. The number of aromatic nitrogens is 5. The number of nitrogens with zero attached hydrogens (tertiary/aromatic N) is 5. The number of imidazole rings is 1. The predicted octanol–water partition coefficient (Wildman–Crippen LogP) is 3.69. The third kappa shape index (κ3) is 5.78. The maximum Gasteiger partial charge on any atom is 0.256 e. The Kier molecular flexibility index (Phi) is 7.60. The van der Waals surface area contributed by atoms with Gasteiger partial charge in [0.25, 0.3) is 5.91 Å². The molecule has 1 saturated heterocycles. The number of allylic oxidation sites excluding steroid dienone is 1. The SMILES string of the molecule is C=N/C=C(\C=C\c1cnc2[nH]nc(-c3nc4c(C(=O)N5CCOCC5)cccc4[nH]3)c2c1)NC(=O)CC(C)C. The number of aromatic amines is 2. The van der Waals surface area contributed by atoms with Crippen LogP contribution in [0.4, 0.5) is 0 Å². The van der Waals surface area contributed by atoms with Crippen molar-refractivity contribution in [3.8, 4) is 11.5 Å². The second kappa shape index (κ2) is 11.4. The molecule has 0 unspecified atom stereocenters. The van der Waals surface area contributed by atoms with Crippen molar-refractivity contribution in [2.24, 2.45) is 10.9 Å². The summed E-state index contributed by atoms with van der Waals surface area (Å²) in [7, 11) is 0. The zero-order valence-corrected chi connectivity index (χ0v) is 21.9. The highest BCUT2D eigenvalue weighted by Crippen LogP contribution is 2.28. The van der Waals surface area contributed by atoms with E-state index in [2.05, 4.69) is 37.2 Å². The van der Waals surface area contributed by atoms with Crippen molar-refractivity contribution in [1.29, 1.82) is 0 Å². The van der Waals surface area contributed by atoms with Gasteiger partial charge in [-0.15, -0.1) is 0 Å². The topological polar surface area (TPSA) is 141 Å². The summed E-state index contributed by atoms with van der Waals surface area (Å²) >= 11 is 0. The van der Waals surface area contributed by atoms with Gasteiger partial charge in [0, 0.05) is 31.9 Å². The first-order valence-corrected chi connectivity index (χ1v) is 12.8. The molecule has 4 aromatic rings. The molecule has 0 bridgehead atoms. The van der Waals surface area contributed by atoms with E-state index in [0.29, 0.717) is 66.7 Å². The zero-order chi connectivity index (χ0) is 27.4. The number of carbonyl (C=O) groups is 2. The van der Waals surface area contributed by atoms with E-state index in [4.69, 9.17) is 9.72 Å². The van der Waals surface area contributed by atoms with Crippen LogP contribution in [-0.4, -0.2) is 74.9 Å². The van der Waals surface area contributed by atoms with Crippen LogP contribution in [0.25, 0.3) is 39.7 Å². The van der Waals surface area contributed by atoms with Crippen molar-refractivity contribution in [3.63, 3.8) is 0 Å². The lowest BCUT2D eigenvalue weighted by atomic mass is 10.1. The van der Waals surface area contributed by atoms with Gasteiger partial charge in [0.2, 0.25) is 5.91 Å². The minimum Gasteiger partial charge on any atom is -0.378 e. The molecule has 1 aliphatic rings. The Morgan fingerprint density at radius 1 is 1.28 bits per heavy atom. The van der Waals surface area contributed by atoms with Gasteiger partial charge in [-0.3, -0.25) is 19.7 Å². The van der Waals surface area contributed by atoms with E-state index in [9.17, 15) is 9.59 Å². The Balaban J connectivity index is 1.44. The molecule has 39 heavy (non-hydrogen) atoms. The number of nitrogens with one attached hydrogen (secondary N) is 3. The van der Waals surface area contributed by atoms with Crippen molar-refractivity contribution in [2.45, 2.75) is 20.3 Å². The lowest BCUT2D eigenvalue weighted by molar-refractivity contribution is -0.121. The summed E-state index contributed by atoms with van der Waals surface area (Å²) in [6, 6.07) is 7.45. The Bertz CT molecular complexity index is 1590. The van der Waals surface area contributed by atoms with Gasteiger partial charge in [-0.05, 0) is 42.5 Å². The highest BCUT2D eigenvalue weighted by Gasteiger charge is 2.23. The largest absolute Gasteiger partial charge is 0.378 e. The molecule has 1 fully saturated rings. The van der Waals surface area contributed by atoms with Crippen LogP contribution in [0.15, 0.2) is 53.4 Å². The van der Waals surface area contributed by atoms with E-state index in [-0.39, 0.29) is 17.7 Å². The summed E-state index contributed by atoms with van der Waals surface area (Å²) in [6.45, 7) is 9.63. The number of hydrogen-bond donors (Lipinski definition) is 3. The highest BCUT2D eigenvalue weighted by atomic mass is 16.5. The number of aliphatic imine (C=N–C) groups is 1. The monoisotopic (exact) mass is 526 g/mol. The molecule has 0 aliphatic carbocycles. The molecule has 11 nitrogen and oxygen atoms in total. The number of rotatable bonds is 8. The lowest BCUT2D eigenvalue weighted by Gasteiger charge is -2.26. The molecular weight excluding hydrogens is 496 g/mol. The maximum atomic E-state index is 13.2. The minimum absolute atomic E-state index is 0.0683. The second-order valence-electron chi connectivity index (χ2n) is 9.68. The zero-order valence-electron chi connectivity index (χ0n) is 21.9. The molecule has 0 spiro atoms. The van der Waals surface area contributed by atoms with Crippen LogP contribution < -0.4 is 5.32 Å². The van der Waals surface area contributed by atoms with Crippen molar-refractivity contribution >= 4 is 46.7 Å². The van der Waals surface area contributed by atoms with Gasteiger partial charge in [-0.25, -0.2) is 9.97 Å². The smallest absolute Gasteiger partial charge is 0.256 e. The highest BCUT2D eigenvalue weighted by molar-refractivity contribution is 6.06. The normalized spacial score (nSPS) is 14.5. The summed E-state index contributed by atoms with van der Waals surface area (Å²) in [6.07, 6.45) is 7.18. The van der Waals surface area contributed by atoms with Gasteiger partial charge in [0.15, 0.2) is 11.5 Å². The van der Waals surface area contributed by atoms with E-state index in [0.717, 1.165) is 16.5 Å². The number of pyridine rings is 1. The van der Waals surface area contributed by atoms with Crippen LogP contribution in [0.1, 0.15) is 36.2 Å². The van der Waals surface area contributed by atoms with Gasteiger partial charge < -0.3 is 19.9 Å². The molecule has 200 valence electrons. The van der Waals surface area contributed by atoms with E-state index in [1.807, 2.05) is 38.1 Å². The summed E-state index contributed by atoms with van der Waals surface area (Å²) in [5, 5.41) is 11.0. The predicted molar refractivity (Wildman–Crippen MR) is 150 cm³/mol. The van der Waals surface area contributed by atoms with Gasteiger partial charge >= 0.3 is 0 Å². The third-order valence-corrected chi connectivity index (χ3v) is 6.27. The van der Waals surface area contributed by atoms with E-state index in [1.165, 1.54) is 6.20 Å². The third-order valence-electron chi connectivity index (χ3n) is 6.27. The molecule has 5 rings (SSSR count). The molecule has 0 saturated carbocycles. The van der Waals surface area contributed by atoms with Crippen molar-refractivity contribution in [2.75, 3.05) is 26.3 Å². The van der Waals surface area contributed by atoms with Crippen molar-refractivity contribution < 1.29 is 14.3 Å². The molecule has 11 heteroatoms. The summed E-state index contributed by atoms with van der Waals surface area (Å²) in [4.78, 5) is 43.5. The number of ether oxygens (including phenoxy) is 1. The lowest BCUT2D eigenvalue weighted by Crippen LogP contribution is -2.40. The molecule has 0 atom stereocenters.